The smallest absolute Gasteiger partial charge is 0.319 e. The van der Waals surface area contributed by atoms with Gasteiger partial charge in [0.05, 0.1) is 11.9 Å². The zero-order chi connectivity index (χ0) is 16.1. The molecule has 0 fully saturated rings. The fraction of sp³-hybridized carbons (Fsp3) is 0.0625. The molecule has 1 aromatic carbocycles. The van der Waals surface area contributed by atoms with Crippen LogP contribution in [0.25, 0.3) is 5.82 Å². The predicted molar refractivity (Wildman–Crippen MR) is 85.3 cm³/mol. The van der Waals surface area contributed by atoms with Crippen LogP contribution in [-0.2, 0) is 6.54 Å². The minimum atomic E-state index is -0.327. The number of nitrogens with zero attached hydrogens (tertiary/aromatic N) is 3. The van der Waals surface area contributed by atoms with Crippen molar-refractivity contribution >= 4 is 11.7 Å². The first-order chi connectivity index (χ1) is 11.2. The molecule has 7 nitrogen and oxygen atoms in total. The van der Waals surface area contributed by atoms with Gasteiger partial charge in [-0.05, 0) is 35.9 Å². The number of carbonyl (C=O) groups excluding carboxylic acids is 1. The Morgan fingerprint density at radius 3 is 2.65 bits per heavy atom. The number of benzene rings is 1. The van der Waals surface area contributed by atoms with Crippen LogP contribution >= 0.6 is 0 Å². The van der Waals surface area contributed by atoms with Crippen molar-refractivity contribution in [3.63, 3.8) is 0 Å². The van der Waals surface area contributed by atoms with E-state index in [9.17, 15) is 9.90 Å². The largest absolute Gasteiger partial charge is 0.508 e. The summed E-state index contributed by atoms with van der Waals surface area (Å²) in [5, 5.41) is 18.7. The minimum Gasteiger partial charge on any atom is -0.508 e. The van der Waals surface area contributed by atoms with Crippen molar-refractivity contribution in [2.45, 2.75) is 6.54 Å². The van der Waals surface area contributed by atoms with Crippen LogP contribution in [0.3, 0.4) is 0 Å². The average molecular weight is 309 g/mol. The second-order valence-electron chi connectivity index (χ2n) is 4.83. The number of phenols is 1. The lowest BCUT2D eigenvalue weighted by molar-refractivity contribution is 0.251. The molecule has 2 amide bonds. The van der Waals surface area contributed by atoms with Crippen molar-refractivity contribution in [1.82, 2.24) is 20.1 Å². The average Bonchev–Trinajstić information content (AvgIpc) is 3.09. The third kappa shape index (κ3) is 3.85. The van der Waals surface area contributed by atoms with Gasteiger partial charge in [-0.25, -0.2) is 14.5 Å². The first-order valence-corrected chi connectivity index (χ1v) is 6.99. The van der Waals surface area contributed by atoms with Crippen LogP contribution in [0.4, 0.5) is 10.5 Å². The predicted octanol–water partition coefficient (Wildman–Crippen LogP) is 2.29. The highest BCUT2D eigenvalue weighted by Gasteiger charge is 2.03. The Kier molecular flexibility index (Phi) is 4.19. The van der Waals surface area contributed by atoms with Crippen molar-refractivity contribution < 1.29 is 9.90 Å². The van der Waals surface area contributed by atoms with Gasteiger partial charge < -0.3 is 15.7 Å². The molecule has 0 saturated heterocycles. The molecule has 116 valence electrons. The lowest BCUT2D eigenvalue weighted by Crippen LogP contribution is -2.28. The van der Waals surface area contributed by atoms with Crippen molar-refractivity contribution in [3.05, 3.63) is 66.6 Å². The SMILES string of the molecule is O=C(NCc1ccc(O)cc1)Nc1ccc(-n2cccn2)nc1. The summed E-state index contributed by atoms with van der Waals surface area (Å²) >= 11 is 0. The number of amides is 2. The quantitative estimate of drug-likeness (QED) is 0.689. The Morgan fingerprint density at radius 2 is 2.00 bits per heavy atom. The molecule has 0 unspecified atom stereocenters. The number of pyridine rings is 1. The first-order valence-electron chi connectivity index (χ1n) is 6.99. The summed E-state index contributed by atoms with van der Waals surface area (Å²) in [5.74, 6) is 0.867. The third-order valence-corrected chi connectivity index (χ3v) is 3.13. The Balaban J connectivity index is 1.54. The number of nitrogens with one attached hydrogen (secondary N) is 2. The lowest BCUT2D eigenvalue weighted by atomic mass is 10.2. The molecule has 0 aliphatic carbocycles. The van der Waals surface area contributed by atoms with Crippen LogP contribution in [0, 0.1) is 0 Å². The van der Waals surface area contributed by atoms with Gasteiger partial charge in [0.2, 0.25) is 0 Å². The van der Waals surface area contributed by atoms with Crippen LogP contribution in [0.1, 0.15) is 5.56 Å². The zero-order valence-electron chi connectivity index (χ0n) is 12.2. The van der Waals surface area contributed by atoms with Crippen molar-refractivity contribution in [2.24, 2.45) is 0 Å². The van der Waals surface area contributed by atoms with Crippen LogP contribution < -0.4 is 10.6 Å². The number of hydrogen-bond donors (Lipinski definition) is 3. The molecule has 0 aliphatic rings. The van der Waals surface area contributed by atoms with Crippen LogP contribution in [0.2, 0.25) is 0 Å². The first kappa shape index (κ1) is 14.6. The van der Waals surface area contributed by atoms with Gasteiger partial charge in [0.25, 0.3) is 0 Å². The topological polar surface area (TPSA) is 92.1 Å². The number of hydrogen-bond acceptors (Lipinski definition) is 4. The van der Waals surface area contributed by atoms with E-state index in [0.717, 1.165) is 5.56 Å². The molecule has 0 saturated carbocycles. The van der Waals surface area contributed by atoms with Crippen LogP contribution in [0.5, 0.6) is 5.75 Å². The second-order valence-corrected chi connectivity index (χ2v) is 4.83. The Hall–Kier alpha value is -3.35. The van der Waals surface area contributed by atoms with E-state index in [1.165, 1.54) is 0 Å². The van der Waals surface area contributed by atoms with Gasteiger partial charge in [0.15, 0.2) is 5.82 Å². The summed E-state index contributed by atoms with van der Waals surface area (Å²) < 4.78 is 1.63. The van der Waals surface area contributed by atoms with Gasteiger partial charge in [-0.1, -0.05) is 12.1 Å². The zero-order valence-corrected chi connectivity index (χ0v) is 12.2. The fourth-order valence-electron chi connectivity index (χ4n) is 1.97. The van der Waals surface area contributed by atoms with Gasteiger partial charge >= 0.3 is 6.03 Å². The summed E-state index contributed by atoms with van der Waals surface area (Å²) in [7, 11) is 0. The molecule has 0 bridgehead atoms. The Labute approximate surface area is 132 Å². The van der Waals surface area contributed by atoms with E-state index >= 15 is 0 Å². The van der Waals surface area contributed by atoms with Gasteiger partial charge in [0, 0.05) is 18.9 Å². The van der Waals surface area contributed by atoms with E-state index < -0.39 is 0 Å². The van der Waals surface area contributed by atoms with E-state index in [0.29, 0.717) is 18.1 Å². The molecule has 3 N–H and O–H groups in total. The minimum absolute atomic E-state index is 0.196. The maximum atomic E-state index is 11.8. The van der Waals surface area contributed by atoms with Gasteiger partial charge in [-0.3, -0.25) is 0 Å². The molecule has 0 aliphatic heterocycles. The molecule has 2 heterocycles. The number of rotatable bonds is 4. The van der Waals surface area contributed by atoms with E-state index in [4.69, 9.17) is 0 Å². The Morgan fingerprint density at radius 1 is 1.17 bits per heavy atom. The van der Waals surface area contributed by atoms with Crippen molar-refractivity contribution in [2.75, 3.05) is 5.32 Å². The molecule has 23 heavy (non-hydrogen) atoms. The molecule has 0 radical (unpaired) electrons. The number of aromatic hydroxyl groups is 1. The van der Waals surface area contributed by atoms with E-state index in [1.807, 2.05) is 6.07 Å². The number of urea groups is 1. The van der Waals surface area contributed by atoms with Crippen LogP contribution in [0.15, 0.2) is 61.1 Å². The molecular weight excluding hydrogens is 294 g/mol. The molecule has 3 aromatic rings. The normalized spacial score (nSPS) is 10.3. The highest BCUT2D eigenvalue weighted by Crippen LogP contribution is 2.10. The van der Waals surface area contributed by atoms with E-state index in [1.54, 1.807) is 59.7 Å². The maximum absolute atomic E-state index is 11.8. The number of anilines is 1. The van der Waals surface area contributed by atoms with Crippen molar-refractivity contribution in [1.29, 1.82) is 0 Å². The molecule has 3 rings (SSSR count). The fourth-order valence-corrected chi connectivity index (χ4v) is 1.97. The van der Waals surface area contributed by atoms with Gasteiger partial charge in [-0.15, -0.1) is 0 Å². The summed E-state index contributed by atoms with van der Waals surface area (Å²) in [6, 6.07) is 11.6. The monoisotopic (exact) mass is 309 g/mol. The molecule has 0 spiro atoms. The molecular formula is C16H15N5O2. The highest BCUT2D eigenvalue weighted by molar-refractivity contribution is 5.89. The highest BCUT2D eigenvalue weighted by atomic mass is 16.3. The van der Waals surface area contributed by atoms with Crippen LogP contribution in [-0.4, -0.2) is 25.9 Å². The van der Waals surface area contributed by atoms with E-state index in [-0.39, 0.29) is 11.8 Å². The second kappa shape index (κ2) is 6.61. The summed E-state index contributed by atoms with van der Waals surface area (Å²) in [4.78, 5) is 16.1. The van der Waals surface area contributed by atoms with Gasteiger partial charge in [0.1, 0.15) is 5.75 Å². The number of phenolic OH excluding ortho intramolecular Hbond substituents is 1. The van der Waals surface area contributed by atoms with Crippen molar-refractivity contribution in [3.8, 4) is 11.6 Å². The number of aromatic nitrogens is 3. The summed E-state index contributed by atoms with van der Waals surface area (Å²) in [6.07, 6.45) is 5.03. The van der Waals surface area contributed by atoms with E-state index in [2.05, 4.69) is 20.7 Å². The Bertz CT molecular complexity index is 767. The summed E-state index contributed by atoms with van der Waals surface area (Å²) in [6.45, 7) is 0.366. The summed E-state index contributed by atoms with van der Waals surface area (Å²) in [5.41, 5.74) is 1.48. The standard InChI is InChI=1S/C16H15N5O2/c22-14-5-2-12(3-6-14)10-18-16(23)20-13-4-7-15(17-11-13)21-9-1-8-19-21/h1-9,11,22H,10H2,(H2,18,20,23). The number of carbonyl (C=O) groups is 1. The molecule has 7 heteroatoms. The lowest BCUT2D eigenvalue weighted by Gasteiger charge is -2.08. The molecule has 0 atom stereocenters. The molecule has 2 aromatic heterocycles. The van der Waals surface area contributed by atoms with Gasteiger partial charge in [-0.2, -0.15) is 5.10 Å². The third-order valence-electron chi connectivity index (χ3n) is 3.13. The maximum Gasteiger partial charge on any atom is 0.319 e.